The van der Waals surface area contributed by atoms with Crippen molar-refractivity contribution in [2.24, 2.45) is 0 Å². The number of nitrogens with zero attached hydrogens (tertiary/aromatic N) is 1. The molecule has 1 saturated heterocycles. The summed E-state index contributed by atoms with van der Waals surface area (Å²) in [4.78, 5) is 4.61. The first kappa shape index (κ1) is 14.3. The van der Waals surface area contributed by atoms with Crippen LogP contribution in [0.25, 0.3) is 0 Å². The van der Waals surface area contributed by atoms with Gasteiger partial charge in [-0.05, 0) is 52.7 Å². The summed E-state index contributed by atoms with van der Waals surface area (Å²) in [6.45, 7) is 14.0. The average Bonchev–Trinajstić information content (AvgIpc) is 2.51. The van der Waals surface area contributed by atoms with Crippen LogP contribution < -0.4 is 5.59 Å². The molecule has 1 aliphatic heterocycles. The Balaban J connectivity index is 2.38. The van der Waals surface area contributed by atoms with Crippen LogP contribution in [0, 0.1) is 6.92 Å². The Bertz CT molecular complexity index is 481. The lowest BCUT2D eigenvalue weighted by atomic mass is 9.80. The van der Waals surface area contributed by atoms with Gasteiger partial charge in [-0.15, -0.1) is 6.58 Å². The number of pyridine rings is 1. The van der Waals surface area contributed by atoms with Crippen molar-refractivity contribution in [3.05, 3.63) is 36.0 Å². The number of allylic oxidation sites excluding steroid dienone is 1. The van der Waals surface area contributed by atoms with Gasteiger partial charge < -0.3 is 9.31 Å². The van der Waals surface area contributed by atoms with E-state index < -0.39 is 7.12 Å². The second-order valence-corrected chi connectivity index (χ2v) is 6.08. The lowest BCUT2D eigenvalue weighted by Crippen LogP contribution is -2.41. The highest BCUT2D eigenvalue weighted by Gasteiger charge is 2.52. The van der Waals surface area contributed by atoms with E-state index in [1.54, 1.807) is 0 Å². The normalized spacial score (nSPS) is 20.6. The van der Waals surface area contributed by atoms with Crippen LogP contribution in [0.5, 0.6) is 0 Å². The van der Waals surface area contributed by atoms with Crippen molar-refractivity contribution >= 4 is 12.7 Å². The minimum absolute atomic E-state index is 0.339. The number of aromatic nitrogens is 1. The summed E-state index contributed by atoms with van der Waals surface area (Å²) in [6, 6.07) is 4.08. The van der Waals surface area contributed by atoms with Crippen LogP contribution in [0.15, 0.2) is 24.8 Å². The molecule has 2 rings (SSSR count). The van der Waals surface area contributed by atoms with Crippen molar-refractivity contribution in [1.29, 1.82) is 0 Å². The van der Waals surface area contributed by atoms with Gasteiger partial charge in [0.1, 0.15) is 0 Å². The Labute approximate surface area is 116 Å². The second kappa shape index (κ2) is 4.76. The van der Waals surface area contributed by atoms with E-state index in [9.17, 15) is 0 Å². The monoisotopic (exact) mass is 259 g/mol. The van der Waals surface area contributed by atoms with Gasteiger partial charge in [-0.1, -0.05) is 12.1 Å². The third-order valence-corrected chi connectivity index (χ3v) is 3.99. The lowest BCUT2D eigenvalue weighted by Gasteiger charge is -2.32. The maximum atomic E-state index is 6.07. The molecule has 1 aliphatic rings. The minimum atomic E-state index is -0.403. The van der Waals surface area contributed by atoms with E-state index in [-0.39, 0.29) is 11.2 Å². The van der Waals surface area contributed by atoms with Gasteiger partial charge in [-0.2, -0.15) is 0 Å². The Morgan fingerprint density at radius 3 is 2.32 bits per heavy atom. The summed E-state index contributed by atoms with van der Waals surface area (Å²) < 4.78 is 12.1. The van der Waals surface area contributed by atoms with Gasteiger partial charge in [-0.3, -0.25) is 4.98 Å². The Hall–Kier alpha value is -1.13. The van der Waals surface area contributed by atoms with E-state index in [1.807, 2.05) is 19.1 Å². The first-order chi connectivity index (χ1) is 8.77. The fourth-order valence-corrected chi connectivity index (χ4v) is 2.09. The molecule has 1 fully saturated rings. The van der Waals surface area contributed by atoms with Crippen LogP contribution in [0.4, 0.5) is 0 Å². The van der Waals surface area contributed by atoms with Crippen molar-refractivity contribution in [3.63, 3.8) is 0 Å². The fourth-order valence-electron chi connectivity index (χ4n) is 2.09. The molecule has 4 heteroatoms. The van der Waals surface area contributed by atoms with Gasteiger partial charge >= 0.3 is 7.12 Å². The molecule has 0 spiro atoms. The zero-order valence-electron chi connectivity index (χ0n) is 12.5. The molecular formula is C15H22BNO2. The van der Waals surface area contributed by atoms with E-state index in [4.69, 9.17) is 9.31 Å². The van der Waals surface area contributed by atoms with E-state index in [2.05, 4.69) is 45.3 Å². The fraction of sp³-hybridized carbons (Fsp3) is 0.533. The molecule has 0 saturated carbocycles. The lowest BCUT2D eigenvalue weighted by molar-refractivity contribution is 0.00578. The zero-order valence-corrected chi connectivity index (χ0v) is 12.5. The standard InChI is InChI=1S/C15H22BNO2/c1-7-8-12-10-9-11(2)17-13(12)16-18-14(3,4)15(5,6)19-16/h7,9-10H,1,8H2,2-6H3. The first-order valence-corrected chi connectivity index (χ1v) is 6.70. The maximum absolute atomic E-state index is 6.07. The molecule has 1 aromatic heterocycles. The van der Waals surface area contributed by atoms with Crippen LogP contribution in [0.1, 0.15) is 39.0 Å². The molecule has 0 amide bonds. The van der Waals surface area contributed by atoms with Crippen LogP contribution in [0.2, 0.25) is 0 Å². The smallest absolute Gasteiger partial charge is 0.398 e. The molecule has 0 aromatic carbocycles. The van der Waals surface area contributed by atoms with Crippen molar-refractivity contribution in [3.8, 4) is 0 Å². The van der Waals surface area contributed by atoms with E-state index in [0.717, 1.165) is 23.3 Å². The quantitative estimate of drug-likeness (QED) is 0.617. The molecular weight excluding hydrogens is 237 g/mol. The highest BCUT2D eigenvalue weighted by atomic mass is 16.7. The molecule has 0 atom stereocenters. The van der Waals surface area contributed by atoms with E-state index in [1.165, 1.54) is 0 Å². The molecule has 19 heavy (non-hydrogen) atoms. The van der Waals surface area contributed by atoms with Crippen molar-refractivity contribution in [2.75, 3.05) is 0 Å². The average molecular weight is 259 g/mol. The molecule has 2 heterocycles. The second-order valence-electron chi connectivity index (χ2n) is 6.08. The maximum Gasteiger partial charge on any atom is 0.514 e. The molecule has 1 aromatic rings. The number of hydrogen-bond donors (Lipinski definition) is 0. The SMILES string of the molecule is C=CCc1ccc(C)nc1B1OC(C)(C)C(C)(C)O1. The van der Waals surface area contributed by atoms with Crippen LogP contribution in [-0.4, -0.2) is 23.3 Å². The topological polar surface area (TPSA) is 31.4 Å². The third-order valence-electron chi connectivity index (χ3n) is 3.99. The number of rotatable bonds is 3. The predicted octanol–water partition coefficient (Wildman–Crippen LogP) is 2.42. The van der Waals surface area contributed by atoms with Gasteiger partial charge in [-0.25, -0.2) is 0 Å². The highest BCUT2D eigenvalue weighted by Crippen LogP contribution is 2.36. The molecule has 0 N–H and O–H groups in total. The van der Waals surface area contributed by atoms with E-state index in [0.29, 0.717) is 0 Å². The van der Waals surface area contributed by atoms with Gasteiger partial charge in [0, 0.05) is 5.69 Å². The Morgan fingerprint density at radius 2 is 1.79 bits per heavy atom. The molecule has 0 unspecified atom stereocenters. The van der Waals surface area contributed by atoms with Crippen LogP contribution in [0.3, 0.4) is 0 Å². The summed E-state index contributed by atoms with van der Waals surface area (Å²) in [5, 5.41) is 0. The predicted molar refractivity (Wildman–Crippen MR) is 78.6 cm³/mol. The molecule has 3 nitrogen and oxygen atoms in total. The van der Waals surface area contributed by atoms with Gasteiger partial charge in [0.25, 0.3) is 0 Å². The highest BCUT2D eigenvalue weighted by molar-refractivity contribution is 6.61. The minimum Gasteiger partial charge on any atom is -0.398 e. The summed E-state index contributed by atoms with van der Waals surface area (Å²) in [6.07, 6.45) is 2.65. The van der Waals surface area contributed by atoms with E-state index >= 15 is 0 Å². The first-order valence-electron chi connectivity index (χ1n) is 6.70. The summed E-state index contributed by atoms with van der Waals surface area (Å²) in [5.74, 6) is 0. The largest absolute Gasteiger partial charge is 0.514 e. The van der Waals surface area contributed by atoms with Gasteiger partial charge in [0.2, 0.25) is 0 Å². The van der Waals surface area contributed by atoms with Crippen molar-refractivity contribution < 1.29 is 9.31 Å². The zero-order chi connectivity index (χ0) is 14.3. The molecule has 0 aliphatic carbocycles. The van der Waals surface area contributed by atoms with Gasteiger partial charge in [0.05, 0.1) is 16.8 Å². The third kappa shape index (κ3) is 2.60. The summed E-state index contributed by atoms with van der Waals surface area (Å²) in [7, 11) is -0.403. The van der Waals surface area contributed by atoms with Crippen molar-refractivity contribution in [1.82, 2.24) is 4.98 Å². The van der Waals surface area contributed by atoms with Crippen LogP contribution in [-0.2, 0) is 15.7 Å². The molecule has 0 radical (unpaired) electrons. The van der Waals surface area contributed by atoms with Crippen LogP contribution >= 0.6 is 0 Å². The summed E-state index contributed by atoms with van der Waals surface area (Å²) in [5.41, 5.74) is 2.28. The molecule has 102 valence electrons. The number of hydrogen-bond acceptors (Lipinski definition) is 3. The van der Waals surface area contributed by atoms with Gasteiger partial charge in [0.15, 0.2) is 0 Å². The van der Waals surface area contributed by atoms with Crippen molar-refractivity contribution in [2.45, 2.75) is 52.2 Å². The summed E-state index contributed by atoms with van der Waals surface area (Å²) >= 11 is 0. The molecule has 0 bridgehead atoms. The Kier molecular flexibility index (Phi) is 3.58. The number of aryl methyl sites for hydroxylation is 1. The Morgan fingerprint density at radius 1 is 1.21 bits per heavy atom.